The summed E-state index contributed by atoms with van der Waals surface area (Å²) in [5.41, 5.74) is 6.98. The van der Waals surface area contributed by atoms with Crippen LogP contribution in [0.5, 0.6) is 0 Å². The summed E-state index contributed by atoms with van der Waals surface area (Å²) in [5, 5.41) is 4.83. The molecule has 7 nitrogen and oxygen atoms in total. The second-order valence-corrected chi connectivity index (χ2v) is 8.44. The van der Waals surface area contributed by atoms with Crippen LogP contribution in [0.25, 0.3) is 11.4 Å². The van der Waals surface area contributed by atoms with Crippen molar-refractivity contribution in [3.63, 3.8) is 0 Å². The zero-order valence-electron chi connectivity index (χ0n) is 12.4. The van der Waals surface area contributed by atoms with Crippen LogP contribution in [0.4, 0.5) is 5.69 Å². The Morgan fingerprint density at radius 2 is 1.81 bits per heavy atom. The van der Waals surface area contributed by atoms with Gasteiger partial charge in [0, 0.05) is 16.3 Å². The summed E-state index contributed by atoms with van der Waals surface area (Å²) in [4.78, 5) is 4.21. The fourth-order valence-electron chi connectivity index (χ4n) is 1.98. The molecule has 0 amide bonds. The number of nitrogens with two attached hydrogens (primary N) is 1. The van der Waals surface area contributed by atoms with Crippen molar-refractivity contribution in [3.8, 4) is 11.4 Å². The molecule has 0 fully saturated rings. The molecule has 0 saturated carbocycles. The molecule has 2 rings (SSSR count). The van der Waals surface area contributed by atoms with Crippen molar-refractivity contribution in [2.75, 3.05) is 33.9 Å². The van der Waals surface area contributed by atoms with Gasteiger partial charge in [0.1, 0.15) is 6.33 Å². The maximum absolute atomic E-state index is 13.1. The Labute approximate surface area is 128 Å². The van der Waals surface area contributed by atoms with Gasteiger partial charge >= 0.3 is 7.59 Å². The highest BCUT2D eigenvalue weighted by Gasteiger charge is 2.32. The van der Waals surface area contributed by atoms with Gasteiger partial charge < -0.3 is 5.73 Å². The van der Waals surface area contributed by atoms with Gasteiger partial charge in [-0.05, 0) is 46.4 Å². The zero-order valence-corrected chi connectivity index (χ0v) is 14.0. The Bertz CT molecular complexity index is 667. The minimum Gasteiger partial charge on any atom is -0.399 e. The standard InChI is InChI=1S/C12H18ClN6OP/c1-17(2)21(20,18(3)4)19-8-15-12(16-19)9-5-10(13)7-11(14)6-9/h5-8H,14H2,1-4H3. The van der Waals surface area contributed by atoms with Crippen molar-refractivity contribution in [1.29, 1.82) is 0 Å². The highest BCUT2D eigenvalue weighted by atomic mass is 35.5. The minimum atomic E-state index is -2.99. The summed E-state index contributed by atoms with van der Waals surface area (Å²) in [6, 6.07) is 5.09. The van der Waals surface area contributed by atoms with E-state index in [1.54, 1.807) is 55.7 Å². The average molecular weight is 329 g/mol. The lowest BCUT2D eigenvalue weighted by Crippen LogP contribution is -2.26. The smallest absolute Gasteiger partial charge is 0.330 e. The Balaban J connectivity index is 2.49. The molecule has 21 heavy (non-hydrogen) atoms. The van der Waals surface area contributed by atoms with Gasteiger partial charge in [0.05, 0.1) is 0 Å². The molecule has 1 aromatic heterocycles. The summed E-state index contributed by atoms with van der Waals surface area (Å²) in [6.45, 7) is 0. The predicted octanol–water partition coefficient (Wildman–Crippen LogP) is 2.26. The van der Waals surface area contributed by atoms with Gasteiger partial charge in [-0.1, -0.05) is 11.6 Å². The van der Waals surface area contributed by atoms with Crippen LogP contribution < -0.4 is 5.73 Å². The molecule has 114 valence electrons. The number of benzene rings is 1. The molecule has 1 aromatic carbocycles. The van der Waals surface area contributed by atoms with E-state index in [-0.39, 0.29) is 0 Å². The average Bonchev–Trinajstić information content (AvgIpc) is 2.85. The van der Waals surface area contributed by atoms with E-state index in [0.29, 0.717) is 22.1 Å². The third-order valence-corrected chi connectivity index (χ3v) is 6.00. The van der Waals surface area contributed by atoms with E-state index >= 15 is 0 Å². The molecule has 2 N–H and O–H groups in total. The number of nitrogen functional groups attached to an aromatic ring is 1. The van der Waals surface area contributed by atoms with Crippen molar-refractivity contribution in [2.45, 2.75) is 0 Å². The lowest BCUT2D eigenvalue weighted by molar-refractivity contribution is 0.430. The highest BCUT2D eigenvalue weighted by Crippen LogP contribution is 2.49. The Kier molecular flexibility index (Phi) is 4.39. The van der Waals surface area contributed by atoms with Crippen LogP contribution in [0.15, 0.2) is 24.5 Å². The predicted molar refractivity (Wildman–Crippen MR) is 85.3 cm³/mol. The number of anilines is 1. The second-order valence-electron chi connectivity index (χ2n) is 4.97. The van der Waals surface area contributed by atoms with E-state index < -0.39 is 7.59 Å². The van der Waals surface area contributed by atoms with Crippen molar-refractivity contribution in [3.05, 3.63) is 29.5 Å². The lowest BCUT2D eigenvalue weighted by Gasteiger charge is -2.29. The third kappa shape index (κ3) is 2.96. The third-order valence-electron chi connectivity index (χ3n) is 2.97. The van der Waals surface area contributed by atoms with Crippen LogP contribution in [0.2, 0.25) is 5.02 Å². The van der Waals surface area contributed by atoms with Crippen LogP contribution in [0.1, 0.15) is 0 Å². The molecule has 1 heterocycles. The van der Waals surface area contributed by atoms with E-state index in [1.807, 2.05) is 0 Å². The van der Waals surface area contributed by atoms with Gasteiger partial charge in [-0.2, -0.15) is 4.45 Å². The van der Waals surface area contributed by atoms with Gasteiger partial charge in [-0.3, -0.25) is 4.57 Å². The van der Waals surface area contributed by atoms with E-state index in [1.165, 1.54) is 10.8 Å². The van der Waals surface area contributed by atoms with E-state index in [2.05, 4.69) is 10.1 Å². The molecule has 0 atom stereocenters. The van der Waals surface area contributed by atoms with Gasteiger partial charge in [0.25, 0.3) is 0 Å². The molecule has 0 bridgehead atoms. The molecule has 2 aromatic rings. The Morgan fingerprint density at radius 3 is 2.33 bits per heavy atom. The first-order valence-electron chi connectivity index (χ1n) is 6.19. The highest BCUT2D eigenvalue weighted by molar-refractivity contribution is 7.57. The molecule has 0 radical (unpaired) electrons. The second kappa shape index (κ2) is 5.77. The van der Waals surface area contributed by atoms with E-state index in [4.69, 9.17) is 17.3 Å². The summed E-state index contributed by atoms with van der Waals surface area (Å²) >= 11 is 5.98. The number of rotatable bonds is 4. The Morgan fingerprint density at radius 1 is 1.19 bits per heavy atom. The normalized spacial score (nSPS) is 12.3. The molecule has 0 saturated heterocycles. The van der Waals surface area contributed by atoms with Gasteiger partial charge in [-0.15, -0.1) is 5.10 Å². The summed E-state index contributed by atoms with van der Waals surface area (Å²) in [6.07, 6.45) is 1.45. The van der Waals surface area contributed by atoms with Crippen molar-refractivity contribution in [2.24, 2.45) is 0 Å². The molecule has 0 aliphatic heterocycles. The van der Waals surface area contributed by atoms with Crippen LogP contribution in [-0.2, 0) is 4.57 Å². The topological polar surface area (TPSA) is 80.3 Å². The first kappa shape index (κ1) is 16.0. The van der Waals surface area contributed by atoms with Crippen molar-refractivity contribution < 1.29 is 4.57 Å². The summed E-state index contributed by atoms with van der Waals surface area (Å²) in [7, 11) is 3.95. The fourth-order valence-corrected chi connectivity index (χ4v) is 4.06. The Hall–Kier alpha value is -1.40. The minimum absolute atomic E-state index is 0.424. The van der Waals surface area contributed by atoms with Crippen LogP contribution >= 0.6 is 19.2 Å². The lowest BCUT2D eigenvalue weighted by atomic mass is 10.2. The van der Waals surface area contributed by atoms with Crippen LogP contribution in [0.3, 0.4) is 0 Å². The van der Waals surface area contributed by atoms with Gasteiger partial charge in [0.2, 0.25) is 0 Å². The summed E-state index contributed by atoms with van der Waals surface area (Å²) in [5.74, 6) is 0.424. The number of hydrogen-bond acceptors (Lipinski definition) is 4. The van der Waals surface area contributed by atoms with E-state index in [9.17, 15) is 4.57 Å². The first-order chi connectivity index (χ1) is 9.75. The maximum Gasteiger partial charge on any atom is 0.330 e. The number of nitrogens with zero attached hydrogens (tertiary/aromatic N) is 5. The fraction of sp³-hybridized carbons (Fsp3) is 0.333. The molecular weight excluding hydrogens is 311 g/mol. The monoisotopic (exact) mass is 328 g/mol. The van der Waals surface area contributed by atoms with Gasteiger partial charge in [-0.25, -0.2) is 14.3 Å². The molecule has 0 unspecified atom stereocenters. The molecular formula is C12H18ClN6OP. The largest absolute Gasteiger partial charge is 0.399 e. The van der Waals surface area contributed by atoms with Gasteiger partial charge in [0.15, 0.2) is 5.82 Å². The number of hydrogen-bond donors (Lipinski definition) is 1. The maximum atomic E-state index is 13.1. The quantitative estimate of drug-likeness (QED) is 0.685. The molecule has 9 heteroatoms. The summed E-state index contributed by atoms with van der Waals surface area (Å²) < 4.78 is 17.7. The molecule has 0 spiro atoms. The van der Waals surface area contributed by atoms with Crippen molar-refractivity contribution in [1.82, 2.24) is 23.9 Å². The number of aromatic nitrogens is 3. The number of halogens is 1. The molecule has 0 aliphatic rings. The molecule has 0 aliphatic carbocycles. The first-order valence-corrected chi connectivity index (χ1v) is 8.14. The van der Waals surface area contributed by atoms with E-state index in [0.717, 1.165) is 0 Å². The zero-order chi connectivity index (χ0) is 15.8. The SMILES string of the molecule is CN(C)P(=O)(N(C)C)n1cnc(-c2cc(N)cc(Cl)c2)n1. The van der Waals surface area contributed by atoms with Crippen LogP contribution in [-0.4, -0.2) is 52.1 Å². The van der Waals surface area contributed by atoms with Crippen LogP contribution in [0, 0.1) is 0 Å². The van der Waals surface area contributed by atoms with Crippen molar-refractivity contribution >= 4 is 24.9 Å².